The van der Waals surface area contributed by atoms with Crippen molar-refractivity contribution in [3.05, 3.63) is 46.2 Å². The Morgan fingerprint density at radius 1 is 1.31 bits per heavy atom. The fraction of sp³-hybridized carbons (Fsp3) is 0.400. The van der Waals surface area contributed by atoms with Crippen LogP contribution in [0.15, 0.2) is 35.7 Å². The number of nitrogens with one attached hydrogen (secondary N) is 1. The van der Waals surface area contributed by atoms with Gasteiger partial charge in [-0.25, -0.2) is 4.98 Å². The van der Waals surface area contributed by atoms with Gasteiger partial charge in [0.05, 0.1) is 10.2 Å². The van der Waals surface area contributed by atoms with Crippen LogP contribution in [-0.4, -0.2) is 30.5 Å². The van der Waals surface area contributed by atoms with Gasteiger partial charge in [0.1, 0.15) is 0 Å². The van der Waals surface area contributed by atoms with E-state index < -0.39 is 0 Å². The summed E-state index contributed by atoms with van der Waals surface area (Å²) < 4.78 is 1.24. The number of piperidine rings is 1. The zero-order valence-corrected chi connectivity index (χ0v) is 16.5. The summed E-state index contributed by atoms with van der Waals surface area (Å²) in [7, 11) is 0. The first-order chi connectivity index (χ1) is 12.7. The zero-order valence-electron chi connectivity index (χ0n) is 14.9. The number of anilines is 1. The lowest BCUT2D eigenvalue weighted by Crippen LogP contribution is -2.41. The number of aryl methyl sites for hydroxylation is 1. The molecular weight excluding hydrogens is 362 g/mol. The molecule has 0 radical (unpaired) electrons. The fourth-order valence-electron chi connectivity index (χ4n) is 3.40. The SMILES string of the molecule is Cc1ccc2nc(N3CCC(C(=O)NCCc4cccs4)CC3)sc2c1. The van der Waals surface area contributed by atoms with E-state index in [1.165, 1.54) is 15.1 Å². The van der Waals surface area contributed by atoms with Gasteiger partial charge >= 0.3 is 0 Å². The van der Waals surface area contributed by atoms with Crippen molar-refractivity contribution in [2.45, 2.75) is 26.2 Å². The van der Waals surface area contributed by atoms with E-state index >= 15 is 0 Å². The number of carbonyl (C=O) groups is 1. The molecule has 1 saturated heterocycles. The van der Waals surface area contributed by atoms with Crippen molar-refractivity contribution < 1.29 is 4.79 Å². The predicted molar refractivity (Wildman–Crippen MR) is 110 cm³/mol. The molecule has 1 fully saturated rings. The summed E-state index contributed by atoms with van der Waals surface area (Å²) >= 11 is 3.50. The number of rotatable bonds is 5. The minimum absolute atomic E-state index is 0.131. The Balaban J connectivity index is 1.29. The molecule has 1 aliphatic rings. The molecule has 3 heterocycles. The van der Waals surface area contributed by atoms with Gasteiger partial charge in [-0.15, -0.1) is 11.3 Å². The minimum atomic E-state index is 0.131. The smallest absolute Gasteiger partial charge is 0.223 e. The van der Waals surface area contributed by atoms with Gasteiger partial charge in [0.2, 0.25) is 5.91 Å². The number of thiazole rings is 1. The van der Waals surface area contributed by atoms with Crippen molar-refractivity contribution in [3.63, 3.8) is 0 Å². The highest BCUT2D eigenvalue weighted by atomic mass is 32.1. The Morgan fingerprint density at radius 3 is 2.92 bits per heavy atom. The molecule has 1 amide bonds. The maximum absolute atomic E-state index is 12.4. The van der Waals surface area contributed by atoms with Crippen LogP contribution in [0.3, 0.4) is 0 Å². The maximum Gasteiger partial charge on any atom is 0.223 e. The first kappa shape index (κ1) is 17.5. The van der Waals surface area contributed by atoms with Crippen LogP contribution in [0.5, 0.6) is 0 Å². The van der Waals surface area contributed by atoms with Crippen molar-refractivity contribution >= 4 is 43.9 Å². The lowest BCUT2D eigenvalue weighted by atomic mass is 9.96. The number of amides is 1. The number of benzene rings is 1. The van der Waals surface area contributed by atoms with E-state index in [1.54, 1.807) is 22.7 Å². The van der Waals surface area contributed by atoms with E-state index in [2.05, 4.69) is 52.9 Å². The number of thiophene rings is 1. The monoisotopic (exact) mass is 385 g/mol. The second-order valence-electron chi connectivity index (χ2n) is 6.85. The number of hydrogen-bond acceptors (Lipinski definition) is 5. The molecule has 6 heteroatoms. The first-order valence-electron chi connectivity index (χ1n) is 9.11. The fourth-order valence-corrected chi connectivity index (χ4v) is 5.22. The second kappa shape index (κ2) is 7.76. The lowest BCUT2D eigenvalue weighted by Gasteiger charge is -2.31. The summed E-state index contributed by atoms with van der Waals surface area (Å²) in [4.78, 5) is 20.8. The lowest BCUT2D eigenvalue weighted by molar-refractivity contribution is -0.125. The summed E-state index contributed by atoms with van der Waals surface area (Å²) in [5.74, 6) is 0.340. The molecule has 3 aromatic rings. The number of hydrogen-bond donors (Lipinski definition) is 1. The highest BCUT2D eigenvalue weighted by Crippen LogP contribution is 2.32. The van der Waals surface area contributed by atoms with Crippen LogP contribution in [-0.2, 0) is 11.2 Å². The van der Waals surface area contributed by atoms with Crippen molar-refractivity contribution in [1.82, 2.24) is 10.3 Å². The molecule has 0 unspecified atom stereocenters. The van der Waals surface area contributed by atoms with Gasteiger partial charge in [0.25, 0.3) is 0 Å². The summed E-state index contributed by atoms with van der Waals surface area (Å²) in [5, 5.41) is 6.27. The van der Waals surface area contributed by atoms with Crippen LogP contribution in [0.4, 0.5) is 5.13 Å². The molecule has 1 N–H and O–H groups in total. The molecule has 0 atom stereocenters. The Kier molecular flexibility index (Phi) is 5.22. The van der Waals surface area contributed by atoms with Crippen LogP contribution >= 0.6 is 22.7 Å². The Morgan fingerprint density at radius 2 is 2.15 bits per heavy atom. The number of carbonyl (C=O) groups excluding carboxylic acids is 1. The molecule has 0 saturated carbocycles. The predicted octanol–water partition coefficient (Wildman–Crippen LogP) is 4.24. The van der Waals surface area contributed by atoms with E-state index in [4.69, 9.17) is 4.98 Å². The molecule has 1 aromatic carbocycles. The quantitative estimate of drug-likeness (QED) is 0.714. The van der Waals surface area contributed by atoms with Crippen LogP contribution in [0, 0.1) is 12.8 Å². The Labute approximate surface area is 161 Å². The van der Waals surface area contributed by atoms with E-state index in [9.17, 15) is 4.79 Å². The number of nitrogens with zero attached hydrogens (tertiary/aromatic N) is 2. The minimum Gasteiger partial charge on any atom is -0.355 e. The third-order valence-electron chi connectivity index (χ3n) is 4.92. The standard InChI is InChI=1S/C20H23N3OS2/c1-14-4-5-17-18(13-14)26-20(22-17)23-10-7-15(8-11-23)19(24)21-9-6-16-3-2-12-25-16/h2-5,12-13,15H,6-11H2,1H3,(H,21,24). The largest absolute Gasteiger partial charge is 0.355 e. The highest BCUT2D eigenvalue weighted by Gasteiger charge is 2.26. The maximum atomic E-state index is 12.4. The van der Waals surface area contributed by atoms with E-state index in [0.717, 1.165) is 49.5 Å². The van der Waals surface area contributed by atoms with E-state index in [-0.39, 0.29) is 11.8 Å². The van der Waals surface area contributed by atoms with E-state index in [0.29, 0.717) is 0 Å². The van der Waals surface area contributed by atoms with Crippen LogP contribution in [0.1, 0.15) is 23.3 Å². The summed E-state index contributed by atoms with van der Waals surface area (Å²) in [5.41, 5.74) is 2.34. The molecule has 26 heavy (non-hydrogen) atoms. The molecule has 4 nitrogen and oxygen atoms in total. The average Bonchev–Trinajstić information content (AvgIpc) is 3.31. The van der Waals surface area contributed by atoms with Gasteiger partial charge in [-0.3, -0.25) is 4.79 Å². The van der Waals surface area contributed by atoms with Gasteiger partial charge in [0.15, 0.2) is 5.13 Å². The number of aromatic nitrogens is 1. The highest BCUT2D eigenvalue weighted by molar-refractivity contribution is 7.22. The van der Waals surface area contributed by atoms with Gasteiger partial charge in [-0.2, -0.15) is 0 Å². The third-order valence-corrected chi connectivity index (χ3v) is 6.93. The van der Waals surface area contributed by atoms with Gasteiger partial charge < -0.3 is 10.2 Å². The van der Waals surface area contributed by atoms with Gasteiger partial charge in [-0.05, 0) is 55.3 Å². The molecule has 4 rings (SSSR count). The Hall–Kier alpha value is -1.92. The first-order valence-corrected chi connectivity index (χ1v) is 10.8. The summed E-state index contributed by atoms with van der Waals surface area (Å²) in [6, 6.07) is 10.6. The van der Waals surface area contributed by atoms with Crippen LogP contribution < -0.4 is 10.2 Å². The van der Waals surface area contributed by atoms with Crippen molar-refractivity contribution in [2.75, 3.05) is 24.5 Å². The van der Waals surface area contributed by atoms with Crippen molar-refractivity contribution in [3.8, 4) is 0 Å². The average molecular weight is 386 g/mol. The second-order valence-corrected chi connectivity index (χ2v) is 8.89. The third kappa shape index (κ3) is 3.91. The van der Waals surface area contributed by atoms with Crippen molar-refractivity contribution in [1.29, 1.82) is 0 Å². The molecule has 0 spiro atoms. The van der Waals surface area contributed by atoms with Crippen LogP contribution in [0.2, 0.25) is 0 Å². The summed E-state index contributed by atoms with van der Waals surface area (Å²) in [6.45, 7) is 4.65. The van der Waals surface area contributed by atoms with Crippen molar-refractivity contribution in [2.24, 2.45) is 5.92 Å². The molecule has 2 aromatic heterocycles. The molecule has 0 bridgehead atoms. The zero-order chi connectivity index (χ0) is 17.9. The molecule has 136 valence electrons. The Bertz CT molecular complexity index is 880. The normalized spacial score (nSPS) is 15.5. The number of fused-ring (bicyclic) bond motifs is 1. The van der Waals surface area contributed by atoms with Crippen LogP contribution in [0.25, 0.3) is 10.2 Å². The molecular formula is C20H23N3OS2. The van der Waals surface area contributed by atoms with Gasteiger partial charge in [-0.1, -0.05) is 23.5 Å². The van der Waals surface area contributed by atoms with Gasteiger partial charge in [0, 0.05) is 30.4 Å². The van der Waals surface area contributed by atoms with E-state index in [1.807, 2.05) is 0 Å². The molecule has 0 aliphatic carbocycles. The molecule has 1 aliphatic heterocycles. The topological polar surface area (TPSA) is 45.2 Å². The summed E-state index contributed by atoms with van der Waals surface area (Å²) in [6.07, 6.45) is 2.73.